The van der Waals surface area contributed by atoms with E-state index in [1.54, 1.807) is 18.0 Å². The highest BCUT2D eigenvalue weighted by Gasteiger charge is 2.41. The largest absolute Gasteiger partial charge is 0.383 e. The summed E-state index contributed by atoms with van der Waals surface area (Å²) < 4.78 is 6.90. The van der Waals surface area contributed by atoms with Gasteiger partial charge >= 0.3 is 0 Å². The average molecular weight is 368 g/mol. The minimum Gasteiger partial charge on any atom is -0.383 e. The number of rotatable bonds is 5. The molecular weight excluding hydrogens is 344 g/mol. The zero-order valence-corrected chi connectivity index (χ0v) is 15.5. The van der Waals surface area contributed by atoms with Crippen molar-refractivity contribution in [1.82, 2.24) is 19.6 Å². The third-order valence-electron chi connectivity index (χ3n) is 5.50. The lowest BCUT2D eigenvalue weighted by Crippen LogP contribution is -2.49. The molecule has 3 saturated heterocycles. The molecule has 1 aromatic carbocycles. The number of nitrogens with zero attached hydrogens (tertiary/aromatic N) is 4. The monoisotopic (exact) mass is 368 g/mol. The highest BCUT2D eigenvalue weighted by atomic mass is 16.5. The number of carbonyl (C=O) groups is 2. The molecular formula is C20H24N4O3. The van der Waals surface area contributed by atoms with E-state index in [1.807, 2.05) is 46.3 Å². The van der Waals surface area contributed by atoms with Gasteiger partial charge in [0.05, 0.1) is 18.2 Å². The lowest BCUT2D eigenvalue weighted by atomic mass is 9.94. The molecule has 1 aromatic heterocycles. The van der Waals surface area contributed by atoms with E-state index >= 15 is 0 Å². The molecule has 0 N–H and O–H groups in total. The number of benzene rings is 1. The Balaban J connectivity index is 1.50. The Bertz CT molecular complexity index is 803. The van der Waals surface area contributed by atoms with E-state index in [-0.39, 0.29) is 23.8 Å². The smallest absolute Gasteiger partial charge is 0.253 e. The van der Waals surface area contributed by atoms with E-state index < -0.39 is 0 Å². The van der Waals surface area contributed by atoms with E-state index in [0.29, 0.717) is 31.8 Å². The SMILES string of the molecule is COCCN1C(=O)[C@@H]2CC[C@H]1CN(C(=O)c1ccc(-n3cccn3)cc1)C2. The number of hydrogen-bond acceptors (Lipinski definition) is 4. The van der Waals surface area contributed by atoms with Crippen molar-refractivity contribution in [3.05, 3.63) is 48.3 Å². The van der Waals surface area contributed by atoms with Gasteiger partial charge in [-0.2, -0.15) is 5.10 Å². The molecule has 0 radical (unpaired) electrons. The van der Waals surface area contributed by atoms with Gasteiger partial charge in [0, 0.05) is 50.7 Å². The van der Waals surface area contributed by atoms with Crippen LogP contribution in [0.25, 0.3) is 5.69 Å². The average Bonchev–Trinajstić information content (AvgIpc) is 3.10. The number of aromatic nitrogens is 2. The molecule has 5 rings (SSSR count). The minimum absolute atomic E-state index is 0.0136. The van der Waals surface area contributed by atoms with Gasteiger partial charge in [-0.25, -0.2) is 4.68 Å². The third kappa shape index (κ3) is 3.47. The van der Waals surface area contributed by atoms with E-state index in [4.69, 9.17) is 4.74 Å². The van der Waals surface area contributed by atoms with Crippen molar-refractivity contribution in [2.75, 3.05) is 33.4 Å². The molecule has 0 unspecified atom stereocenters. The maximum absolute atomic E-state index is 13.0. The van der Waals surface area contributed by atoms with Crippen LogP contribution in [0.2, 0.25) is 0 Å². The summed E-state index contributed by atoms with van der Waals surface area (Å²) in [5.41, 5.74) is 1.55. The van der Waals surface area contributed by atoms with Crippen LogP contribution in [0.1, 0.15) is 23.2 Å². The Morgan fingerprint density at radius 2 is 2.04 bits per heavy atom. The first-order chi connectivity index (χ1) is 13.2. The summed E-state index contributed by atoms with van der Waals surface area (Å²) in [7, 11) is 1.64. The molecule has 3 aliphatic rings. The first-order valence-electron chi connectivity index (χ1n) is 9.36. The summed E-state index contributed by atoms with van der Waals surface area (Å²) in [6, 6.07) is 9.38. The topological polar surface area (TPSA) is 67.7 Å². The third-order valence-corrected chi connectivity index (χ3v) is 5.50. The molecule has 3 fully saturated rings. The summed E-state index contributed by atoms with van der Waals surface area (Å²) in [6.45, 7) is 2.21. The number of ether oxygens (including phenoxy) is 1. The number of fused-ring (bicyclic) bond motifs is 4. The van der Waals surface area contributed by atoms with Crippen LogP contribution in [-0.4, -0.2) is 70.8 Å². The maximum atomic E-state index is 13.0. The zero-order valence-electron chi connectivity index (χ0n) is 15.5. The van der Waals surface area contributed by atoms with Gasteiger partial charge in [0.2, 0.25) is 5.91 Å². The first kappa shape index (κ1) is 17.7. The molecule has 0 aliphatic carbocycles. The fourth-order valence-corrected chi connectivity index (χ4v) is 4.05. The molecule has 2 amide bonds. The molecule has 2 atom stereocenters. The van der Waals surface area contributed by atoms with Crippen LogP contribution in [0.3, 0.4) is 0 Å². The van der Waals surface area contributed by atoms with Crippen molar-refractivity contribution in [1.29, 1.82) is 0 Å². The van der Waals surface area contributed by atoms with Gasteiger partial charge < -0.3 is 14.5 Å². The van der Waals surface area contributed by atoms with Crippen LogP contribution < -0.4 is 0 Å². The number of amides is 2. The molecule has 4 heterocycles. The van der Waals surface area contributed by atoms with E-state index in [1.165, 1.54) is 0 Å². The van der Waals surface area contributed by atoms with Gasteiger partial charge in [0.1, 0.15) is 0 Å². The molecule has 27 heavy (non-hydrogen) atoms. The Hall–Kier alpha value is -2.67. The second-order valence-corrected chi connectivity index (χ2v) is 7.16. The van der Waals surface area contributed by atoms with Crippen LogP contribution in [0.5, 0.6) is 0 Å². The summed E-state index contributed by atoms with van der Waals surface area (Å²) in [6.07, 6.45) is 5.39. The zero-order chi connectivity index (χ0) is 18.8. The fraction of sp³-hybridized carbons (Fsp3) is 0.450. The van der Waals surface area contributed by atoms with Gasteiger partial charge in [-0.05, 0) is 43.2 Å². The van der Waals surface area contributed by atoms with Crippen LogP contribution in [0, 0.1) is 5.92 Å². The standard InChI is InChI=1S/C20H24N4O3/c1-27-12-11-23-18-8-5-16(20(23)26)13-22(14-18)19(25)15-3-6-17(7-4-15)24-10-2-9-21-24/h2-4,6-7,9-10,16,18H,5,8,11-14H2,1H3/t16-,18+/m1/s1. The van der Waals surface area contributed by atoms with Crippen molar-refractivity contribution in [3.63, 3.8) is 0 Å². The van der Waals surface area contributed by atoms with Gasteiger partial charge in [0.25, 0.3) is 5.91 Å². The molecule has 3 aliphatic heterocycles. The lowest BCUT2D eigenvalue weighted by molar-refractivity contribution is -0.140. The van der Waals surface area contributed by atoms with Crippen molar-refractivity contribution in [2.45, 2.75) is 18.9 Å². The molecule has 2 aromatic rings. The number of methoxy groups -OCH3 is 1. The molecule has 0 saturated carbocycles. The van der Waals surface area contributed by atoms with Gasteiger partial charge in [-0.15, -0.1) is 0 Å². The van der Waals surface area contributed by atoms with Crippen LogP contribution >= 0.6 is 0 Å². The second kappa shape index (κ2) is 7.52. The Labute approximate surface area is 158 Å². The summed E-state index contributed by atoms with van der Waals surface area (Å²) in [5.74, 6) is 0.0424. The highest BCUT2D eigenvalue weighted by molar-refractivity contribution is 5.95. The maximum Gasteiger partial charge on any atom is 0.253 e. The summed E-state index contributed by atoms with van der Waals surface area (Å²) in [5, 5.41) is 4.20. The molecule has 0 spiro atoms. The van der Waals surface area contributed by atoms with Crippen molar-refractivity contribution in [3.8, 4) is 5.69 Å². The van der Waals surface area contributed by atoms with Crippen molar-refractivity contribution < 1.29 is 14.3 Å². The normalized spacial score (nSPS) is 22.2. The first-order valence-corrected chi connectivity index (χ1v) is 9.36. The number of carbonyl (C=O) groups excluding carboxylic acids is 2. The van der Waals surface area contributed by atoms with Crippen LogP contribution in [-0.2, 0) is 9.53 Å². The van der Waals surface area contributed by atoms with Gasteiger partial charge in [-0.1, -0.05) is 0 Å². The van der Waals surface area contributed by atoms with Crippen LogP contribution in [0.4, 0.5) is 0 Å². The predicted molar refractivity (Wildman–Crippen MR) is 99.6 cm³/mol. The van der Waals surface area contributed by atoms with E-state index in [2.05, 4.69) is 5.10 Å². The predicted octanol–water partition coefficient (Wildman–Crippen LogP) is 1.58. The molecule has 7 heteroatoms. The quantitative estimate of drug-likeness (QED) is 0.804. The Morgan fingerprint density at radius 1 is 1.22 bits per heavy atom. The van der Waals surface area contributed by atoms with E-state index in [9.17, 15) is 9.59 Å². The molecule has 2 bridgehead atoms. The summed E-state index contributed by atoms with van der Waals surface area (Å²) in [4.78, 5) is 29.5. The van der Waals surface area contributed by atoms with E-state index in [0.717, 1.165) is 18.5 Å². The van der Waals surface area contributed by atoms with Crippen molar-refractivity contribution in [2.24, 2.45) is 5.92 Å². The molecule has 142 valence electrons. The van der Waals surface area contributed by atoms with Gasteiger partial charge in [0.15, 0.2) is 0 Å². The molecule has 7 nitrogen and oxygen atoms in total. The van der Waals surface area contributed by atoms with Gasteiger partial charge in [-0.3, -0.25) is 9.59 Å². The van der Waals surface area contributed by atoms with Crippen LogP contribution in [0.15, 0.2) is 42.7 Å². The Morgan fingerprint density at radius 3 is 2.74 bits per heavy atom. The Kier molecular flexibility index (Phi) is 4.94. The second-order valence-electron chi connectivity index (χ2n) is 7.16. The number of hydrogen-bond donors (Lipinski definition) is 0. The fourth-order valence-electron chi connectivity index (χ4n) is 4.05. The lowest BCUT2D eigenvalue weighted by Gasteiger charge is -2.35. The summed E-state index contributed by atoms with van der Waals surface area (Å²) >= 11 is 0. The van der Waals surface area contributed by atoms with Crippen molar-refractivity contribution >= 4 is 11.8 Å². The highest BCUT2D eigenvalue weighted by Crippen LogP contribution is 2.29. The number of piperidine rings is 1. The minimum atomic E-state index is -0.104.